The highest BCUT2D eigenvalue weighted by Gasteiger charge is 2.33. The van der Waals surface area contributed by atoms with Gasteiger partial charge in [0.05, 0.1) is 12.5 Å². The summed E-state index contributed by atoms with van der Waals surface area (Å²) >= 11 is 1.56. The van der Waals surface area contributed by atoms with Crippen molar-refractivity contribution < 1.29 is 14.3 Å². The fraction of sp³-hybridized carbons (Fsp3) is 0.222. The number of hydrogen-bond acceptors (Lipinski definition) is 4. The van der Waals surface area contributed by atoms with E-state index in [0.29, 0.717) is 23.5 Å². The zero-order valence-corrected chi connectivity index (χ0v) is 13.1. The van der Waals surface area contributed by atoms with Gasteiger partial charge in [-0.05, 0) is 18.6 Å². The third-order valence-electron chi connectivity index (χ3n) is 3.67. The number of carbonyl (C=O) groups excluding carboxylic acids is 2. The molecule has 0 aliphatic carbocycles. The van der Waals surface area contributed by atoms with Crippen molar-refractivity contribution in [3.05, 3.63) is 65.2 Å². The molecule has 4 heteroatoms. The molecule has 1 aliphatic rings. The predicted molar refractivity (Wildman–Crippen MR) is 86.4 cm³/mol. The molecule has 3 nitrogen and oxygen atoms in total. The highest BCUT2D eigenvalue weighted by molar-refractivity contribution is 7.99. The second-order valence-corrected chi connectivity index (χ2v) is 6.06. The first-order valence-electron chi connectivity index (χ1n) is 7.24. The van der Waals surface area contributed by atoms with Crippen molar-refractivity contribution in [2.24, 2.45) is 0 Å². The van der Waals surface area contributed by atoms with E-state index < -0.39 is 0 Å². The zero-order chi connectivity index (χ0) is 15.5. The van der Waals surface area contributed by atoms with Crippen molar-refractivity contribution >= 4 is 23.5 Å². The van der Waals surface area contributed by atoms with E-state index in [1.165, 1.54) is 0 Å². The summed E-state index contributed by atoms with van der Waals surface area (Å²) in [6.45, 7) is 2.17. The summed E-state index contributed by atoms with van der Waals surface area (Å²) in [4.78, 5) is 25.6. The Hall–Kier alpha value is -2.07. The fourth-order valence-electron chi connectivity index (χ4n) is 2.61. The Morgan fingerprint density at radius 1 is 1.14 bits per heavy atom. The van der Waals surface area contributed by atoms with E-state index in [1.54, 1.807) is 18.7 Å². The van der Waals surface area contributed by atoms with Gasteiger partial charge in [-0.2, -0.15) is 0 Å². The van der Waals surface area contributed by atoms with Gasteiger partial charge in [0.15, 0.2) is 5.78 Å². The number of hydrogen-bond donors (Lipinski definition) is 0. The van der Waals surface area contributed by atoms with Crippen LogP contribution in [-0.2, 0) is 9.53 Å². The molecule has 1 heterocycles. The first kappa shape index (κ1) is 14.9. The zero-order valence-electron chi connectivity index (χ0n) is 12.2. The lowest BCUT2D eigenvalue weighted by Crippen LogP contribution is -2.15. The molecule has 0 aromatic heterocycles. The lowest BCUT2D eigenvalue weighted by molar-refractivity contribution is -0.144. The number of benzene rings is 2. The van der Waals surface area contributed by atoms with Gasteiger partial charge < -0.3 is 4.74 Å². The van der Waals surface area contributed by atoms with Gasteiger partial charge in [-0.1, -0.05) is 42.5 Å². The van der Waals surface area contributed by atoms with Crippen LogP contribution < -0.4 is 0 Å². The van der Waals surface area contributed by atoms with E-state index in [-0.39, 0.29) is 17.7 Å². The Bertz CT molecular complexity index is 710. The minimum atomic E-state index is -0.275. The number of ketones is 1. The molecular weight excluding hydrogens is 296 g/mol. The first-order chi connectivity index (χ1) is 10.7. The van der Waals surface area contributed by atoms with Gasteiger partial charge in [0.2, 0.25) is 0 Å². The molecule has 112 valence electrons. The number of esters is 1. The standard InChI is InChI=1S/C18H16O3S/c1-2-21-18(20)15-11-22-17-13(15)9-6-10-14(17)16(19)12-7-4-3-5-8-12/h3-10,15H,2,11H2,1H3. The molecule has 0 fully saturated rings. The largest absolute Gasteiger partial charge is 0.465 e. The number of rotatable bonds is 4. The predicted octanol–water partition coefficient (Wildman–Crippen LogP) is 3.67. The van der Waals surface area contributed by atoms with Crippen molar-refractivity contribution in [3.8, 4) is 0 Å². The minimum absolute atomic E-state index is 0.00513. The normalized spacial score (nSPS) is 16.1. The van der Waals surface area contributed by atoms with Crippen molar-refractivity contribution in [2.75, 3.05) is 12.4 Å². The number of fused-ring (bicyclic) bond motifs is 1. The van der Waals surface area contributed by atoms with E-state index in [1.807, 2.05) is 48.5 Å². The monoisotopic (exact) mass is 312 g/mol. The average Bonchev–Trinajstić information content (AvgIpc) is 2.99. The van der Waals surface area contributed by atoms with Crippen LogP contribution in [0.4, 0.5) is 0 Å². The van der Waals surface area contributed by atoms with Gasteiger partial charge in [0.25, 0.3) is 0 Å². The fourth-order valence-corrected chi connectivity index (χ4v) is 3.95. The van der Waals surface area contributed by atoms with Crippen LogP contribution in [0.2, 0.25) is 0 Å². The smallest absolute Gasteiger partial charge is 0.314 e. The average molecular weight is 312 g/mol. The Balaban J connectivity index is 1.97. The first-order valence-corrected chi connectivity index (χ1v) is 8.23. The summed E-state index contributed by atoms with van der Waals surface area (Å²) < 4.78 is 5.13. The van der Waals surface area contributed by atoms with E-state index in [9.17, 15) is 9.59 Å². The van der Waals surface area contributed by atoms with Crippen molar-refractivity contribution in [1.82, 2.24) is 0 Å². The van der Waals surface area contributed by atoms with Gasteiger partial charge in [-0.25, -0.2) is 0 Å². The lowest BCUT2D eigenvalue weighted by atomic mass is 9.96. The van der Waals surface area contributed by atoms with Crippen molar-refractivity contribution in [3.63, 3.8) is 0 Å². The molecule has 0 saturated carbocycles. The van der Waals surface area contributed by atoms with Crippen LogP contribution in [0.1, 0.15) is 34.3 Å². The quantitative estimate of drug-likeness (QED) is 0.638. The van der Waals surface area contributed by atoms with Crippen LogP contribution >= 0.6 is 11.8 Å². The second kappa shape index (κ2) is 6.36. The molecule has 0 bridgehead atoms. The van der Waals surface area contributed by atoms with Crippen LogP contribution in [-0.4, -0.2) is 24.1 Å². The minimum Gasteiger partial charge on any atom is -0.465 e. The Kier molecular flexibility index (Phi) is 4.29. The van der Waals surface area contributed by atoms with E-state index in [2.05, 4.69) is 0 Å². The number of carbonyl (C=O) groups is 2. The summed E-state index contributed by atoms with van der Waals surface area (Å²) in [5.41, 5.74) is 2.24. The van der Waals surface area contributed by atoms with Gasteiger partial charge in [0, 0.05) is 21.8 Å². The second-order valence-electron chi connectivity index (χ2n) is 5.03. The van der Waals surface area contributed by atoms with Crippen LogP contribution in [0, 0.1) is 0 Å². The highest BCUT2D eigenvalue weighted by Crippen LogP contribution is 2.42. The van der Waals surface area contributed by atoms with Crippen LogP contribution in [0.15, 0.2) is 53.4 Å². The topological polar surface area (TPSA) is 43.4 Å². The SMILES string of the molecule is CCOC(=O)C1CSc2c(C(=O)c3ccccc3)cccc21. The number of ether oxygens (including phenoxy) is 1. The molecule has 1 aliphatic heterocycles. The summed E-state index contributed by atoms with van der Waals surface area (Å²) in [5.74, 6) is 0.142. The Morgan fingerprint density at radius 2 is 1.91 bits per heavy atom. The molecule has 2 aromatic carbocycles. The molecule has 1 unspecified atom stereocenters. The molecular formula is C18H16O3S. The third kappa shape index (κ3) is 2.66. The van der Waals surface area contributed by atoms with Gasteiger partial charge in [0.1, 0.15) is 0 Å². The molecule has 0 saturated heterocycles. The maximum absolute atomic E-state index is 12.7. The van der Waals surface area contributed by atoms with Crippen molar-refractivity contribution in [1.29, 1.82) is 0 Å². The third-order valence-corrected chi connectivity index (χ3v) is 4.91. The molecule has 1 atom stereocenters. The molecule has 22 heavy (non-hydrogen) atoms. The van der Waals surface area contributed by atoms with Gasteiger partial charge in [-0.15, -0.1) is 11.8 Å². The Labute approximate surface area is 133 Å². The maximum atomic E-state index is 12.7. The summed E-state index contributed by atoms with van der Waals surface area (Å²) in [7, 11) is 0. The molecule has 0 radical (unpaired) electrons. The molecule has 0 N–H and O–H groups in total. The highest BCUT2D eigenvalue weighted by atomic mass is 32.2. The Morgan fingerprint density at radius 3 is 2.64 bits per heavy atom. The maximum Gasteiger partial charge on any atom is 0.314 e. The summed E-state index contributed by atoms with van der Waals surface area (Å²) in [6, 6.07) is 14.8. The van der Waals surface area contributed by atoms with Crippen LogP contribution in [0.5, 0.6) is 0 Å². The van der Waals surface area contributed by atoms with Gasteiger partial charge in [-0.3, -0.25) is 9.59 Å². The molecule has 0 spiro atoms. The van der Waals surface area contributed by atoms with E-state index in [4.69, 9.17) is 4.74 Å². The van der Waals surface area contributed by atoms with Crippen molar-refractivity contribution in [2.45, 2.75) is 17.7 Å². The molecule has 0 amide bonds. The van der Waals surface area contributed by atoms with Gasteiger partial charge >= 0.3 is 5.97 Å². The molecule has 3 rings (SSSR count). The molecule has 2 aromatic rings. The number of thioether (sulfide) groups is 1. The summed E-state index contributed by atoms with van der Waals surface area (Å²) in [6.07, 6.45) is 0. The van der Waals surface area contributed by atoms with E-state index >= 15 is 0 Å². The lowest BCUT2D eigenvalue weighted by Gasteiger charge is -2.10. The summed E-state index contributed by atoms with van der Waals surface area (Å²) in [5, 5.41) is 0. The van der Waals surface area contributed by atoms with Crippen LogP contribution in [0.25, 0.3) is 0 Å². The van der Waals surface area contributed by atoms with Crippen LogP contribution in [0.3, 0.4) is 0 Å². The van der Waals surface area contributed by atoms with E-state index in [0.717, 1.165) is 10.5 Å².